The lowest BCUT2D eigenvalue weighted by atomic mass is 10.1. The van der Waals surface area contributed by atoms with Gasteiger partial charge in [0.15, 0.2) is 0 Å². The fraction of sp³-hybridized carbons (Fsp3) is 0.615. The van der Waals surface area contributed by atoms with Crippen LogP contribution in [0, 0.1) is 6.92 Å². The minimum absolute atomic E-state index is 0.240. The fourth-order valence-corrected chi connectivity index (χ4v) is 2.58. The quantitative estimate of drug-likeness (QED) is 0.627. The van der Waals surface area contributed by atoms with Crippen molar-refractivity contribution in [2.24, 2.45) is 0 Å². The lowest BCUT2D eigenvalue weighted by Crippen LogP contribution is -2.29. The Labute approximate surface area is 102 Å². The van der Waals surface area contributed by atoms with E-state index in [0.29, 0.717) is 6.04 Å². The topological polar surface area (TPSA) is 24.9 Å². The number of anilines is 1. The van der Waals surface area contributed by atoms with E-state index < -0.39 is 0 Å². The van der Waals surface area contributed by atoms with Crippen molar-refractivity contribution in [2.45, 2.75) is 50.4 Å². The average molecular weight is 239 g/mol. The second-order valence-electron chi connectivity index (χ2n) is 4.57. The molecule has 1 aromatic heterocycles. The third-order valence-corrected chi connectivity index (χ3v) is 3.79. The van der Waals surface area contributed by atoms with Crippen molar-refractivity contribution in [1.82, 2.24) is 4.98 Å². The zero-order valence-corrected chi connectivity index (χ0v) is 10.5. The summed E-state index contributed by atoms with van der Waals surface area (Å²) < 4.78 is 0. The van der Waals surface area contributed by atoms with Crippen LogP contribution in [0.5, 0.6) is 0 Å². The van der Waals surface area contributed by atoms with Gasteiger partial charge in [0, 0.05) is 12.2 Å². The molecule has 0 aromatic carbocycles. The summed E-state index contributed by atoms with van der Waals surface area (Å²) in [6.07, 6.45) is 7.94. The monoisotopic (exact) mass is 238 g/mol. The van der Waals surface area contributed by atoms with Crippen molar-refractivity contribution in [3.05, 3.63) is 23.9 Å². The van der Waals surface area contributed by atoms with E-state index in [4.69, 9.17) is 11.6 Å². The summed E-state index contributed by atoms with van der Waals surface area (Å²) in [5, 5.41) is 3.74. The fourth-order valence-electron chi connectivity index (χ4n) is 2.24. The zero-order valence-electron chi connectivity index (χ0n) is 9.75. The molecule has 0 bridgehead atoms. The number of alkyl halides is 1. The molecule has 1 heterocycles. The molecule has 1 fully saturated rings. The summed E-state index contributed by atoms with van der Waals surface area (Å²) in [7, 11) is 0. The highest BCUT2D eigenvalue weighted by Crippen LogP contribution is 2.25. The first-order chi connectivity index (χ1) is 7.77. The van der Waals surface area contributed by atoms with Crippen LogP contribution in [0.2, 0.25) is 0 Å². The van der Waals surface area contributed by atoms with Crippen LogP contribution in [0.4, 0.5) is 5.82 Å². The van der Waals surface area contributed by atoms with Gasteiger partial charge in [-0.05, 0) is 31.4 Å². The molecular weight excluding hydrogens is 220 g/mol. The highest BCUT2D eigenvalue weighted by molar-refractivity contribution is 6.21. The molecule has 1 aliphatic rings. The number of pyridine rings is 1. The van der Waals surface area contributed by atoms with Crippen LogP contribution in [0.3, 0.4) is 0 Å². The second kappa shape index (κ2) is 5.53. The van der Waals surface area contributed by atoms with E-state index in [2.05, 4.69) is 23.3 Å². The van der Waals surface area contributed by atoms with Gasteiger partial charge in [-0.2, -0.15) is 0 Å². The number of hydrogen-bond acceptors (Lipinski definition) is 2. The zero-order chi connectivity index (χ0) is 11.4. The van der Waals surface area contributed by atoms with Crippen LogP contribution >= 0.6 is 11.6 Å². The van der Waals surface area contributed by atoms with Crippen LogP contribution in [0.1, 0.15) is 37.7 Å². The summed E-state index contributed by atoms with van der Waals surface area (Å²) >= 11 is 6.40. The molecule has 2 atom stereocenters. The largest absolute Gasteiger partial charge is 0.366 e. The Morgan fingerprint density at radius 1 is 1.31 bits per heavy atom. The normalized spacial score (nSPS) is 26.1. The molecule has 0 spiro atoms. The van der Waals surface area contributed by atoms with E-state index in [-0.39, 0.29) is 5.38 Å². The van der Waals surface area contributed by atoms with Crippen molar-refractivity contribution < 1.29 is 0 Å². The lowest BCUT2D eigenvalue weighted by Gasteiger charge is -2.22. The third-order valence-electron chi connectivity index (χ3n) is 3.26. The van der Waals surface area contributed by atoms with Crippen molar-refractivity contribution >= 4 is 17.4 Å². The van der Waals surface area contributed by atoms with E-state index >= 15 is 0 Å². The minimum Gasteiger partial charge on any atom is -0.366 e. The van der Waals surface area contributed by atoms with Gasteiger partial charge in [0.2, 0.25) is 0 Å². The number of halogens is 1. The highest BCUT2D eigenvalue weighted by atomic mass is 35.5. The van der Waals surface area contributed by atoms with E-state index in [1.54, 1.807) is 0 Å². The highest BCUT2D eigenvalue weighted by Gasteiger charge is 2.22. The van der Waals surface area contributed by atoms with Gasteiger partial charge in [-0.15, -0.1) is 11.6 Å². The predicted molar refractivity (Wildman–Crippen MR) is 69.1 cm³/mol. The van der Waals surface area contributed by atoms with Crippen molar-refractivity contribution in [3.8, 4) is 0 Å². The van der Waals surface area contributed by atoms with Gasteiger partial charge in [0.25, 0.3) is 0 Å². The molecular formula is C13H19ClN2. The Hall–Kier alpha value is -0.760. The summed E-state index contributed by atoms with van der Waals surface area (Å²) in [4.78, 5) is 4.37. The molecule has 1 aromatic rings. The van der Waals surface area contributed by atoms with Crippen LogP contribution < -0.4 is 5.32 Å². The van der Waals surface area contributed by atoms with Crippen LogP contribution in [0.25, 0.3) is 0 Å². The third kappa shape index (κ3) is 2.88. The number of rotatable bonds is 2. The molecule has 16 heavy (non-hydrogen) atoms. The number of aromatic nitrogens is 1. The molecule has 88 valence electrons. The first-order valence-electron chi connectivity index (χ1n) is 6.09. The van der Waals surface area contributed by atoms with Gasteiger partial charge in [-0.1, -0.05) is 25.3 Å². The van der Waals surface area contributed by atoms with Gasteiger partial charge >= 0.3 is 0 Å². The Morgan fingerprint density at radius 2 is 2.12 bits per heavy atom. The number of hydrogen-bond donors (Lipinski definition) is 1. The van der Waals surface area contributed by atoms with Crippen molar-refractivity contribution in [1.29, 1.82) is 0 Å². The summed E-state index contributed by atoms with van der Waals surface area (Å²) in [6, 6.07) is 4.42. The van der Waals surface area contributed by atoms with E-state index in [9.17, 15) is 0 Å². The number of aryl methyl sites for hydroxylation is 1. The standard InChI is InChI=1S/C13H19ClN2/c1-10-6-5-9-15-13(10)16-12-8-4-2-3-7-11(12)14/h5-6,9,11-12H,2-4,7-8H2,1H3,(H,15,16). The summed E-state index contributed by atoms with van der Waals surface area (Å²) in [6.45, 7) is 2.08. The first kappa shape index (κ1) is 11.7. The summed E-state index contributed by atoms with van der Waals surface area (Å²) in [5.41, 5.74) is 1.19. The predicted octanol–water partition coefficient (Wildman–Crippen LogP) is 3.74. The van der Waals surface area contributed by atoms with Gasteiger partial charge < -0.3 is 5.32 Å². The number of nitrogens with zero attached hydrogens (tertiary/aromatic N) is 1. The molecule has 3 heteroatoms. The van der Waals surface area contributed by atoms with E-state index in [0.717, 1.165) is 18.7 Å². The van der Waals surface area contributed by atoms with E-state index in [1.807, 2.05) is 12.3 Å². The van der Waals surface area contributed by atoms with Gasteiger partial charge in [0.1, 0.15) is 5.82 Å². The average Bonchev–Trinajstić information content (AvgIpc) is 2.48. The second-order valence-corrected chi connectivity index (χ2v) is 5.13. The molecule has 1 aliphatic carbocycles. The molecule has 0 aliphatic heterocycles. The molecule has 1 N–H and O–H groups in total. The maximum absolute atomic E-state index is 6.40. The van der Waals surface area contributed by atoms with E-state index in [1.165, 1.54) is 24.8 Å². The van der Waals surface area contributed by atoms with Gasteiger partial charge in [0.05, 0.1) is 5.38 Å². The van der Waals surface area contributed by atoms with Crippen LogP contribution in [0.15, 0.2) is 18.3 Å². The van der Waals surface area contributed by atoms with Gasteiger partial charge in [-0.3, -0.25) is 0 Å². The Bertz CT molecular complexity index is 340. The molecule has 0 radical (unpaired) electrons. The first-order valence-corrected chi connectivity index (χ1v) is 6.53. The Balaban J connectivity index is 2.05. The minimum atomic E-state index is 0.240. The molecule has 0 saturated heterocycles. The van der Waals surface area contributed by atoms with Gasteiger partial charge in [-0.25, -0.2) is 4.98 Å². The molecule has 1 saturated carbocycles. The lowest BCUT2D eigenvalue weighted by molar-refractivity contribution is 0.624. The van der Waals surface area contributed by atoms with Crippen molar-refractivity contribution in [2.75, 3.05) is 5.32 Å². The number of nitrogens with one attached hydrogen (secondary N) is 1. The molecule has 2 nitrogen and oxygen atoms in total. The Morgan fingerprint density at radius 3 is 2.94 bits per heavy atom. The maximum Gasteiger partial charge on any atom is 0.129 e. The molecule has 2 rings (SSSR count). The smallest absolute Gasteiger partial charge is 0.129 e. The molecule has 2 unspecified atom stereocenters. The Kier molecular flexibility index (Phi) is 4.05. The summed E-state index contributed by atoms with van der Waals surface area (Å²) in [5.74, 6) is 0.986. The SMILES string of the molecule is Cc1cccnc1NC1CCCCCC1Cl. The van der Waals surface area contributed by atoms with Crippen LogP contribution in [-0.4, -0.2) is 16.4 Å². The maximum atomic E-state index is 6.40. The van der Waals surface area contributed by atoms with Crippen LogP contribution in [-0.2, 0) is 0 Å². The molecule has 0 amide bonds. The van der Waals surface area contributed by atoms with Crippen molar-refractivity contribution in [3.63, 3.8) is 0 Å².